The molecule has 2 aromatic carbocycles. The van der Waals surface area contributed by atoms with Crippen molar-refractivity contribution in [3.05, 3.63) is 61.2 Å². The molecule has 1 N–H and O–H groups in total. The van der Waals surface area contributed by atoms with Gasteiger partial charge in [0, 0.05) is 18.7 Å². The number of nitrogens with one attached hydrogen (secondary N) is 1. The molecule has 29 heavy (non-hydrogen) atoms. The lowest BCUT2D eigenvalue weighted by molar-refractivity contribution is -0.122. The van der Waals surface area contributed by atoms with Crippen molar-refractivity contribution in [3.63, 3.8) is 0 Å². The van der Waals surface area contributed by atoms with Crippen molar-refractivity contribution in [2.75, 3.05) is 23.4 Å². The van der Waals surface area contributed by atoms with E-state index in [0.717, 1.165) is 5.69 Å². The Balaban J connectivity index is 1.43. The Hall–Kier alpha value is -3.68. The lowest BCUT2D eigenvalue weighted by Gasteiger charge is -2.20. The van der Waals surface area contributed by atoms with E-state index >= 15 is 0 Å². The number of carbonyl (C=O) groups is 2. The minimum Gasteiger partial charge on any atom is -0.492 e. The number of hydrogen-bond donors (Lipinski definition) is 1. The van der Waals surface area contributed by atoms with Crippen LogP contribution in [0, 0.1) is 5.92 Å². The maximum absolute atomic E-state index is 12.7. The van der Waals surface area contributed by atoms with Crippen LogP contribution < -0.4 is 15.0 Å². The summed E-state index contributed by atoms with van der Waals surface area (Å²) in [6, 6.07) is 14.7. The average Bonchev–Trinajstić information content (AvgIpc) is 3.39. The van der Waals surface area contributed by atoms with Crippen molar-refractivity contribution in [2.45, 2.75) is 13.3 Å². The van der Waals surface area contributed by atoms with Gasteiger partial charge < -0.3 is 15.0 Å². The van der Waals surface area contributed by atoms with Gasteiger partial charge in [0.25, 0.3) is 0 Å². The minimum absolute atomic E-state index is 0.0844. The van der Waals surface area contributed by atoms with E-state index in [2.05, 4.69) is 15.4 Å². The zero-order chi connectivity index (χ0) is 20.2. The molecule has 1 saturated heterocycles. The molecule has 0 radical (unpaired) electrons. The van der Waals surface area contributed by atoms with Gasteiger partial charge in [-0.3, -0.25) is 9.59 Å². The summed E-state index contributed by atoms with van der Waals surface area (Å²) in [4.78, 5) is 30.8. The van der Waals surface area contributed by atoms with Gasteiger partial charge in [-0.25, -0.2) is 9.67 Å². The third kappa shape index (κ3) is 3.96. The summed E-state index contributed by atoms with van der Waals surface area (Å²) in [6.45, 7) is 2.73. The zero-order valence-electron chi connectivity index (χ0n) is 16.0. The Kier molecular flexibility index (Phi) is 5.24. The van der Waals surface area contributed by atoms with E-state index < -0.39 is 5.92 Å². The number of hydrogen-bond acceptors (Lipinski definition) is 5. The molecule has 0 aliphatic carbocycles. The lowest BCUT2D eigenvalue weighted by atomic mass is 10.1. The monoisotopic (exact) mass is 391 g/mol. The van der Waals surface area contributed by atoms with Crippen LogP contribution in [0.4, 0.5) is 11.4 Å². The predicted molar refractivity (Wildman–Crippen MR) is 108 cm³/mol. The van der Waals surface area contributed by atoms with Crippen molar-refractivity contribution < 1.29 is 14.3 Å². The first kappa shape index (κ1) is 18.7. The molecule has 1 fully saturated rings. The van der Waals surface area contributed by atoms with Crippen molar-refractivity contribution in [2.24, 2.45) is 5.92 Å². The summed E-state index contributed by atoms with van der Waals surface area (Å²) in [5.74, 6) is -0.0395. The second kappa shape index (κ2) is 8.14. The Morgan fingerprint density at radius 3 is 2.72 bits per heavy atom. The van der Waals surface area contributed by atoms with Gasteiger partial charge in [-0.15, -0.1) is 0 Å². The van der Waals surface area contributed by atoms with Crippen LogP contribution in [0.15, 0.2) is 61.2 Å². The summed E-state index contributed by atoms with van der Waals surface area (Å²) in [7, 11) is 0. The summed E-state index contributed by atoms with van der Waals surface area (Å²) in [5, 5.41) is 6.97. The highest BCUT2D eigenvalue weighted by Gasteiger charge is 2.36. The molecule has 148 valence electrons. The van der Waals surface area contributed by atoms with Gasteiger partial charge in [0.15, 0.2) is 0 Å². The van der Waals surface area contributed by atoms with Crippen molar-refractivity contribution >= 4 is 23.2 Å². The highest BCUT2D eigenvalue weighted by atomic mass is 16.5. The number of ether oxygens (including phenoxy) is 1. The number of rotatable bonds is 6. The topological polar surface area (TPSA) is 89.3 Å². The molecule has 2 heterocycles. The van der Waals surface area contributed by atoms with Crippen LogP contribution in [0.5, 0.6) is 5.75 Å². The summed E-state index contributed by atoms with van der Waals surface area (Å²) in [6.07, 6.45) is 3.23. The molecular formula is C21H21N5O3. The molecule has 2 amide bonds. The van der Waals surface area contributed by atoms with Crippen LogP contribution in [0.2, 0.25) is 0 Å². The van der Waals surface area contributed by atoms with E-state index in [-0.39, 0.29) is 18.2 Å². The lowest BCUT2D eigenvalue weighted by Crippen LogP contribution is -2.28. The first-order valence-electron chi connectivity index (χ1n) is 9.44. The smallest absolute Gasteiger partial charge is 0.229 e. The van der Waals surface area contributed by atoms with E-state index in [0.29, 0.717) is 30.3 Å². The first-order chi connectivity index (χ1) is 14.2. The molecule has 8 nitrogen and oxygen atoms in total. The number of aromatic nitrogens is 3. The molecule has 1 atom stereocenters. The summed E-state index contributed by atoms with van der Waals surface area (Å²) < 4.78 is 7.26. The molecule has 0 spiro atoms. The number of amides is 2. The molecule has 1 aliphatic rings. The molecule has 3 aromatic rings. The van der Waals surface area contributed by atoms with E-state index in [1.165, 1.54) is 6.33 Å². The largest absolute Gasteiger partial charge is 0.492 e. The molecular weight excluding hydrogens is 370 g/mol. The molecule has 1 unspecified atom stereocenters. The Bertz CT molecular complexity index is 1000. The average molecular weight is 391 g/mol. The highest BCUT2D eigenvalue weighted by Crippen LogP contribution is 2.33. The molecule has 1 aliphatic heterocycles. The second-order valence-electron chi connectivity index (χ2n) is 6.68. The number of carbonyl (C=O) groups excluding carboxylic acids is 2. The third-order valence-corrected chi connectivity index (χ3v) is 4.77. The quantitative estimate of drug-likeness (QED) is 0.698. The fourth-order valence-electron chi connectivity index (χ4n) is 3.36. The van der Waals surface area contributed by atoms with Gasteiger partial charge in [0.2, 0.25) is 11.8 Å². The predicted octanol–water partition coefficient (Wildman–Crippen LogP) is 2.66. The van der Waals surface area contributed by atoms with E-state index in [4.69, 9.17) is 4.74 Å². The van der Waals surface area contributed by atoms with E-state index in [1.807, 2.05) is 43.3 Å². The summed E-state index contributed by atoms with van der Waals surface area (Å²) in [5.41, 5.74) is 2.21. The van der Waals surface area contributed by atoms with Crippen LogP contribution in [0.25, 0.3) is 5.69 Å². The normalized spacial score (nSPS) is 16.1. The van der Waals surface area contributed by atoms with Crippen LogP contribution in [0.1, 0.15) is 13.3 Å². The molecule has 0 saturated carbocycles. The standard InChI is InChI=1S/C21H21N5O3/c1-2-29-19-6-4-3-5-18(19)25-12-15(11-20(25)27)21(28)24-16-7-9-17(10-8-16)26-14-22-13-23-26/h3-10,13-15H,2,11-12H2,1H3,(H,24,28). The van der Waals surface area contributed by atoms with E-state index in [9.17, 15) is 9.59 Å². The number of para-hydroxylation sites is 2. The second-order valence-corrected chi connectivity index (χ2v) is 6.68. The SMILES string of the molecule is CCOc1ccccc1N1CC(C(=O)Nc2ccc(-n3cncn3)cc2)CC1=O. The Labute approximate surface area is 168 Å². The van der Waals surface area contributed by atoms with Crippen molar-refractivity contribution in [1.82, 2.24) is 14.8 Å². The van der Waals surface area contributed by atoms with Gasteiger partial charge in [-0.1, -0.05) is 12.1 Å². The molecule has 1 aromatic heterocycles. The maximum atomic E-state index is 12.7. The van der Waals surface area contributed by atoms with Crippen LogP contribution in [-0.4, -0.2) is 39.7 Å². The van der Waals surface area contributed by atoms with Gasteiger partial charge in [0.05, 0.1) is 23.9 Å². The van der Waals surface area contributed by atoms with Gasteiger partial charge in [-0.05, 0) is 43.3 Å². The number of benzene rings is 2. The van der Waals surface area contributed by atoms with Crippen LogP contribution >= 0.6 is 0 Å². The summed E-state index contributed by atoms with van der Waals surface area (Å²) >= 11 is 0. The Morgan fingerprint density at radius 1 is 1.21 bits per heavy atom. The van der Waals surface area contributed by atoms with Crippen molar-refractivity contribution in [1.29, 1.82) is 0 Å². The first-order valence-corrected chi connectivity index (χ1v) is 9.44. The highest BCUT2D eigenvalue weighted by molar-refractivity contribution is 6.04. The number of anilines is 2. The van der Waals surface area contributed by atoms with Gasteiger partial charge >= 0.3 is 0 Å². The zero-order valence-corrected chi connectivity index (χ0v) is 16.0. The van der Waals surface area contributed by atoms with E-state index in [1.54, 1.807) is 28.0 Å². The van der Waals surface area contributed by atoms with Gasteiger partial charge in [0.1, 0.15) is 18.4 Å². The number of nitrogens with zero attached hydrogens (tertiary/aromatic N) is 4. The van der Waals surface area contributed by atoms with Crippen LogP contribution in [-0.2, 0) is 9.59 Å². The molecule has 8 heteroatoms. The third-order valence-electron chi connectivity index (χ3n) is 4.77. The minimum atomic E-state index is -0.424. The molecule has 0 bridgehead atoms. The Morgan fingerprint density at radius 2 is 2.00 bits per heavy atom. The fraction of sp³-hybridized carbons (Fsp3) is 0.238. The molecule has 4 rings (SSSR count). The maximum Gasteiger partial charge on any atom is 0.229 e. The van der Waals surface area contributed by atoms with Crippen molar-refractivity contribution in [3.8, 4) is 11.4 Å². The van der Waals surface area contributed by atoms with Gasteiger partial charge in [-0.2, -0.15) is 5.10 Å². The fourth-order valence-corrected chi connectivity index (χ4v) is 3.36. The van der Waals surface area contributed by atoms with Crippen LogP contribution in [0.3, 0.4) is 0 Å².